The van der Waals surface area contributed by atoms with Gasteiger partial charge < -0.3 is 24.6 Å². The Labute approximate surface area is 187 Å². The minimum absolute atomic E-state index is 0.00605. The molecule has 2 aliphatic rings. The van der Waals surface area contributed by atoms with Gasteiger partial charge in [0.05, 0.1) is 12.5 Å². The normalized spacial score (nSPS) is 23.7. The molecule has 1 aliphatic heterocycles. The zero-order chi connectivity index (χ0) is 22.3. The van der Waals surface area contributed by atoms with Crippen LogP contribution in [0.25, 0.3) is 11.4 Å². The minimum atomic E-state index is -0.246. The first-order valence-electron chi connectivity index (χ1n) is 11.2. The molecule has 9 nitrogen and oxygen atoms in total. The van der Waals surface area contributed by atoms with Crippen molar-refractivity contribution in [3.63, 3.8) is 0 Å². The van der Waals surface area contributed by atoms with Gasteiger partial charge in [-0.2, -0.15) is 4.98 Å². The molecule has 2 heterocycles. The zero-order valence-electron chi connectivity index (χ0n) is 18.3. The molecular weight excluding hydrogens is 412 g/mol. The number of nitrogens with one attached hydrogen (secondary N) is 2. The van der Waals surface area contributed by atoms with Gasteiger partial charge in [-0.05, 0) is 25.7 Å². The van der Waals surface area contributed by atoms with Crippen molar-refractivity contribution in [2.75, 3.05) is 33.5 Å². The number of hydrogen-bond donors (Lipinski definition) is 2. The van der Waals surface area contributed by atoms with E-state index in [0.717, 1.165) is 5.56 Å². The number of amides is 2. The minimum Gasteiger partial charge on any atom is -0.383 e. The Balaban J connectivity index is 1.49. The van der Waals surface area contributed by atoms with Gasteiger partial charge in [0.1, 0.15) is 0 Å². The molecule has 4 rings (SSSR count). The van der Waals surface area contributed by atoms with Crippen LogP contribution in [0.4, 0.5) is 0 Å². The van der Waals surface area contributed by atoms with Crippen LogP contribution in [0.15, 0.2) is 34.9 Å². The van der Waals surface area contributed by atoms with E-state index in [1.807, 2.05) is 30.3 Å². The van der Waals surface area contributed by atoms with Crippen molar-refractivity contribution in [1.29, 1.82) is 0 Å². The third kappa shape index (κ3) is 5.34. The molecular formula is C23H30N4O5. The maximum Gasteiger partial charge on any atom is 0.232 e. The Morgan fingerprint density at radius 3 is 2.62 bits per heavy atom. The van der Waals surface area contributed by atoms with E-state index in [1.165, 1.54) is 0 Å². The summed E-state index contributed by atoms with van der Waals surface area (Å²) in [7, 11) is 1.60. The maximum absolute atomic E-state index is 12.9. The lowest BCUT2D eigenvalue weighted by Gasteiger charge is -2.25. The fraction of sp³-hybridized carbons (Fsp3) is 0.565. The highest BCUT2D eigenvalue weighted by Crippen LogP contribution is 2.39. The van der Waals surface area contributed by atoms with Crippen LogP contribution in [-0.2, 0) is 19.1 Å². The lowest BCUT2D eigenvalue weighted by Crippen LogP contribution is -2.42. The van der Waals surface area contributed by atoms with Crippen molar-refractivity contribution >= 4 is 11.8 Å². The van der Waals surface area contributed by atoms with Gasteiger partial charge in [-0.3, -0.25) is 9.59 Å². The number of carbonyl (C=O) groups excluding carboxylic acids is 2. The van der Waals surface area contributed by atoms with Crippen LogP contribution in [-0.4, -0.2) is 61.5 Å². The van der Waals surface area contributed by atoms with E-state index in [2.05, 4.69) is 20.8 Å². The molecule has 32 heavy (non-hydrogen) atoms. The molecule has 1 aliphatic carbocycles. The van der Waals surface area contributed by atoms with Crippen molar-refractivity contribution in [1.82, 2.24) is 20.8 Å². The summed E-state index contributed by atoms with van der Waals surface area (Å²) in [6.45, 7) is 2.10. The monoisotopic (exact) mass is 442 g/mol. The Morgan fingerprint density at radius 1 is 1.09 bits per heavy atom. The first-order valence-corrected chi connectivity index (χ1v) is 11.2. The lowest BCUT2D eigenvalue weighted by atomic mass is 9.97. The highest BCUT2D eigenvalue weighted by Gasteiger charge is 2.43. The van der Waals surface area contributed by atoms with Gasteiger partial charge in [0.25, 0.3) is 0 Å². The fourth-order valence-electron chi connectivity index (χ4n) is 4.46. The molecule has 2 fully saturated rings. The van der Waals surface area contributed by atoms with Gasteiger partial charge in [-0.15, -0.1) is 0 Å². The molecule has 9 heteroatoms. The molecule has 2 amide bonds. The summed E-state index contributed by atoms with van der Waals surface area (Å²) in [5.74, 6) is 0.382. The Bertz CT molecular complexity index is 897. The number of carbonyl (C=O) groups is 2. The van der Waals surface area contributed by atoms with E-state index >= 15 is 0 Å². The van der Waals surface area contributed by atoms with Gasteiger partial charge in [0, 0.05) is 50.3 Å². The largest absolute Gasteiger partial charge is 0.383 e. The number of methoxy groups -OCH3 is 1. The second-order valence-corrected chi connectivity index (χ2v) is 8.38. The van der Waals surface area contributed by atoms with Gasteiger partial charge in [-0.25, -0.2) is 0 Å². The smallest absolute Gasteiger partial charge is 0.232 e. The highest BCUT2D eigenvalue weighted by atomic mass is 16.5. The van der Waals surface area contributed by atoms with Crippen LogP contribution in [0.5, 0.6) is 0 Å². The predicted octanol–water partition coefficient (Wildman–Crippen LogP) is 1.90. The topological polar surface area (TPSA) is 116 Å². The van der Waals surface area contributed by atoms with E-state index in [-0.39, 0.29) is 35.6 Å². The summed E-state index contributed by atoms with van der Waals surface area (Å²) in [5.41, 5.74) is 0.858. The van der Waals surface area contributed by atoms with E-state index in [0.29, 0.717) is 63.8 Å². The van der Waals surface area contributed by atoms with Gasteiger partial charge in [0.2, 0.25) is 23.5 Å². The standard InChI is InChI=1S/C23H30N4O5/c1-30-12-9-24-21(28)17-13-18(19(14-17)25-22(29)16-7-10-31-11-8-16)23-26-20(27-32-23)15-5-3-2-4-6-15/h2-6,16-19H,7-14H2,1H3,(H,24,28)(H,25,29)/t17-,18-,19+/m1/s1. The molecule has 0 radical (unpaired) electrons. The summed E-state index contributed by atoms with van der Waals surface area (Å²) < 4.78 is 16.0. The zero-order valence-corrected chi connectivity index (χ0v) is 18.3. The van der Waals surface area contributed by atoms with Crippen LogP contribution in [0.1, 0.15) is 37.5 Å². The second kappa shape index (κ2) is 10.7. The summed E-state index contributed by atoms with van der Waals surface area (Å²) >= 11 is 0. The molecule has 172 valence electrons. The van der Waals surface area contributed by atoms with Gasteiger partial charge in [0.15, 0.2) is 0 Å². The SMILES string of the molecule is COCCNC(=O)[C@H]1C[C@H](NC(=O)C2CCOCC2)[C@H](c2nc(-c3ccccc3)no2)C1. The van der Waals surface area contributed by atoms with Crippen LogP contribution in [0, 0.1) is 11.8 Å². The quantitative estimate of drug-likeness (QED) is 0.600. The third-order valence-corrected chi connectivity index (χ3v) is 6.25. The highest BCUT2D eigenvalue weighted by molar-refractivity contribution is 5.81. The molecule has 2 N–H and O–H groups in total. The predicted molar refractivity (Wildman–Crippen MR) is 116 cm³/mol. The first-order chi connectivity index (χ1) is 15.7. The maximum atomic E-state index is 12.9. The molecule has 1 aromatic heterocycles. The lowest BCUT2D eigenvalue weighted by molar-refractivity contribution is -0.129. The molecule has 1 saturated carbocycles. The van der Waals surface area contributed by atoms with E-state index in [1.54, 1.807) is 7.11 Å². The van der Waals surface area contributed by atoms with Crippen molar-refractivity contribution in [3.8, 4) is 11.4 Å². The van der Waals surface area contributed by atoms with Gasteiger partial charge >= 0.3 is 0 Å². The van der Waals surface area contributed by atoms with Gasteiger partial charge in [-0.1, -0.05) is 35.5 Å². The second-order valence-electron chi connectivity index (χ2n) is 8.38. The average molecular weight is 443 g/mol. The Morgan fingerprint density at radius 2 is 1.88 bits per heavy atom. The van der Waals surface area contributed by atoms with Crippen molar-refractivity contribution in [2.45, 2.75) is 37.6 Å². The number of hydrogen-bond acceptors (Lipinski definition) is 7. The number of nitrogens with zero attached hydrogens (tertiary/aromatic N) is 2. The molecule has 0 spiro atoms. The molecule has 0 bridgehead atoms. The van der Waals surface area contributed by atoms with E-state index in [9.17, 15) is 9.59 Å². The summed E-state index contributed by atoms with van der Waals surface area (Å²) in [4.78, 5) is 30.2. The molecule has 2 aromatic rings. The number of aromatic nitrogens is 2. The van der Waals surface area contributed by atoms with Crippen LogP contribution < -0.4 is 10.6 Å². The summed E-state index contributed by atoms with van der Waals surface area (Å²) in [5, 5.41) is 10.2. The summed E-state index contributed by atoms with van der Waals surface area (Å²) in [6.07, 6.45) is 2.49. The third-order valence-electron chi connectivity index (χ3n) is 6.25. The molecule has 1 saturated heterocycles. The molecule has 3 atom stereocenters. The Kier molecular flexibility index (Phi) is 7.49. The fourth-order valence-corrected chi connectivity index (χ4v) is 4.46. The van der Waals surface area contributed by atoms with Crippen molar-refractivity contribution in [3.05, 3.63) is 36.2 Å². The van der Waals surface area contributed by atoms with Crippen LogP contribution in [0.3, 0.4) is 0 Å². The first kappa shape index (κ1) is 22.4. The number of benzene rings is 1. The molecule has 0 unspecified atom stereocenters. The summed E-state index contributed by atoms with van der Waals surface area (Å²) in [6, 6.07) is 9.35. The Hall–Kier alpha value is -2.78. The van der Waals surface area contributed by atoms with Crippen molar-refractivity contribution < 1.29 is 23.6 Å². The van der Waals surface area contributed by atoms with Crippen LogP contribution >= 0.6 is 0 Å². The number of ether oxygens (including phenoxy) is 2. The van der Waals surface area contributed by atoms with E-state index < -0.39 is 0 Å². The molecule has 1 aromatic carbocycles. The van der Waals surface area contributed by atoms with E-state index in [4.69, 9.17) is 14.0 Å². The van der Waals surface area contributed by atoms with Crippen molar-refractivity contribution in [2.24, 2.45) is 11.8 Å². The average Bonchev–Trinajstić information content (AvgIpc) is 3.48. The van der Waals surface area contributed by atoms with Crippen LogP contribution in [0.2, 0.25) is 0 Å². The number of rotatable bonds is 8.